The van der Waals surface area contributed by atoms with Crippen LogP contribution in [0.3, 0.4) is 0 Å². The van der Waals surface area contributed by atoms with Gasteiger partial charge in [-0.25, -0.2) is 0 Å². The van der Waals surface area contributed by atoms with Crippen LogP contribution in [0.2, 0.25) is 0 Å². The summed E-state index contributed by atoms with van der Waals surface area (Å²) in [6, 6.07) is 14.0. The minimum Gasteiger partial charge on any atom is -0.493 e. The number of benzene rings is 2. The molecule has 1 aliphatic carbocycles. The molecular formula is C22H26O3. The van der Waals surface area contributed by atoms with E-state index < -0.39 is 11.9 Å². The number of aliphatic carboxylic acids is 1. The fraction of sp³-hybridized carbons (Fsp3) is 0.409. The molecule has 0 aromatic heterocycles. The Morgan fingerprint density at radius 2 is 1.88 bits per heavy atom. The minimum atomic E-state index is -0.777. The molecule has 0 saturated carbocycles. The van der Waals surface area contributed by atoms with Gasteiger partial charge < -0.3 is 9.84 Å². The lowest BCUT2D eigenvalue weighted by Gasteiger charge is -2.20. The highest BCUT2D eigenvalue weighted by molar-refractivity contribution is 5.77. The van der Waals surface area contributed by atoms with Gasteiger partial charge in [0.05, 0.1) is 12.5 Å². The number of carboxylic acid groups (broad SMARTS) is 1. The van der Waals surface area contributed by atoms with E-state index in [1.807, 2.05) is 30.3 Å². The van der Waals surface area contributed by atoms with Crippen LogP contribution in [0.5, 0.6) is 5.75 Å². The third-order valence-electron chi connectivity index (χ3n) is 4.93. The standard InChI is InChI=1S/C22H26O3/c1-2-13-25-21-10-6-5-9-19(21)15-20(22(23)24)18-12-11-16-7-3-4-8-17(16)14-18/h5-6,9-12,14,20H,2-4,7-8,13,15H2,1H3,(H,23,24). The molecule has 0 aliphatic heterocycles. The second-order valence-corrected chi connectivity index (χ2v) is 6.79. The molecule has 0 bridgehead atoms. The van der Waals surface area contributed by atoms with Crippen LogP contribution in [0.1, 0.15) is 54.4 Å². The van der Waals surface area contributed by atoms with Crippen LogP contribution >= 0.6 is 0 Å². The average Bonchev–Trinajstić information content (AvgIpc) is 2.64. The number of ether oxygens (including phenoxy) is 1. The van der Waals surface area contributed by atoms with Crippen LogP contribution in [0.4, 0.5) is 0 Å². The molecule has 2 aromatic rings. The Balaban J connectivity index is 1.86. The summed E-state index contributed by atoms with van der Waals surface area (Å²) in [6.45, 7) is 2.71. The van der Waals surface area contributed by atoms with E-state index in [0.29, 0.717) is 13.0 Å². The molecule has 3 nitrogen and oxygen atoms in total. The van der Waals surface area contributed by atoms with Gasteiger partial charge in [0.1, 0.15) is 5.75 Å². The summed E-state index contributed by atoms with van der Waals surface area (Å²) in [6.07, 6.45) is 5.99. The number of hydrogen-bond acceptors (Lipinski definition) is 2. The van der Waals surface area contributed by atoms with E-state index >= 15 is 0 Å². The SMILES string of the molecule is CCCOc1ccccc1CC(C(=O)O)c1ccc2c(c1)CCCC2. The highest BCUT2D eigenvalue weighted by Gasteiger charge is 2.23. The van der Waals surface area contributed by atoms with Crippen molar-refractivity contribution in [1.82, 2.24) is 0 Å². The van der Waals surface area contributed by atoms with Gasteiger partial charge in [0.25, 0.3) is 0 Å². The number of aryl methyl sites for hydroxylation is 2. The van der Waals surface area contributed by atoms with E-state index in [2.05, 4.69) is 19.1 Å². The summed E-state index contributed by atoms with van der Waals surface area (Å²) in [4.78, 5) is 12.0. The van der Waals surface area contributed by atoms with E-state index in [1.165, 1.54) is 24.0 Å². The van der Waals surface area contributed by atoms with Crippen molar-refractivity contribution in [3.63, 3.8) is 0 Å². The zero-order valence-corrected chi connectivity index (χ0v) is 14.8. The van der Waals surface area contributed by atoms with Crippen molar-refractivity contribution in [1.29, 1.82) is 0 Å². The fourth-order valence-electron chi connectivity index (χ4n) is 3.56. The molecule has 132 valence electrons. The first-order valence-corrected chi connectivity index (χ1v) is 9.24. The number of carboxylic acids is 1. The Morgan fingerprint density at radius 3 is 2.64 bits per heavy atom. The lowest BCUT2D eigenvalue weighted by Crippen LogP contribution is -2.16. The smallest absolute Gasteiger partial charge is 0.311 e. The molecule has 1 atom stereocenters. The van der Waals surface area contributed by atoms with Crippen molar-refractivity contribution in [2.24, 2.45) is 0 Å². The molecule has 0 fully saturated rings. The van der Waals surface area contributed by atoms with Gasteiger partial charge in [-0.3, -0.25) is 4.79 Å². The van der Waals surface area contributed by atoms with Crippen LogP contribution in [-0.2, 0) is 24.1 Å². The van der Waals surface area contributed by atoms with Crippen molar-refractivity contribution >= 4 is 5.97 Å². The van der Waals surface area contributed by atoms with E-state index in [9.17, 15) is 9.90 Å². The first-order valence-electron chi connectivity index (χ1n) is 9.24. The van der Waals surface area contributed by atoms with Crippen LogP contribution in [0.25, 0.3) is 0 Å². The molecule has 0 heterocycles. The molecule has 1 N–H and O–H groups in total. The molecule has 0 spiro atoms. The normalized spacial score (nSPS) is 14.6. The molecule has 25 heavy (non-hydrogen) atoms. The summed E-state index contributed by atoms with van der Waals surface area (Å²) in [5.41, 5.74) is 4.57. The summed E-state index contributed by atoms with van der Waals surface area (Å²) in [5.74, 6) is -0.520. The lowest BCUT2D eigenvalue weighted by atomic mass is 9.85. The molecule has 1 aliphatic rings. The van der Waals surface area contributed by atoms with Crippen LogP contribution < -0.4 is 4.74 Å². The zero-order valence-electron chi connectivity index (χ0n) is 14.8. The van der Waals surface area contributed by atoms with Gasteiger partial charge >= 0.3 is 5.97 Å². The minimum absolute atomic E-state index is 0.452. The summed E-state index contributed by atoms with van der Waals surface area (Å²) in [7, 11) is 0. The maximum Gasteiger partial charge on any atom is 0.311 e. The van der Waals surface area contributed by atoms with E-state index in [1.54, 1.807) is 0 Å². The van der Waals surface area contributed by atoms with Crippen molar-refractivity contribution in [3.05, 3.63) is 64.7 Å². The van der Waals surface area contributed by atoms with Gasteiger partial charge in [0.15, 0.2) is 0 Å². The molecule has 0 amide bonds. The van der Waals surface area contributed by atoms with Crippen molar-refractivity contribution in [3.8, 4) is 5.75 Å². The first kappa shape index (κ1) is 17.5. The number of hydrogen-bond donors (Lipinski definition) is 1. The first-order chi connectivity index (χ1) is 12.2. The Kier molecular flexibility index (Phi) is 5.75. The average molecular weight is 338 g/mol. The predicted octanol–water partition coefficient (Wildman–Crippen LogP) is 4.77. The molecular weight excluding hydrogens is 312 g/mol. The quantitative estimate of drug-likeness (QED) is 0.791. The Hall–Kier alpha value is -2.29. The van der Waals surface area contributed by atoms with Crippen LogP contribution in [0, 0.1) is 0 Å². The third-order valence-corrected chi connectivity index (χ3v) is 4.93. The van der Waals surface area contributed by atoms with Gasteiger partial charge in [-0.2, -0.15) is 0 Å². The molecule has 2 aromatic carbocycles. The van der Waals surface area contributed by atoms with Gasteiger partial charge in [-0.05, 0) is 66.8 Å². The Morgan fingerprint density at radius 1 is 1.12 bits per heavy atom. The summed E-state index contributed by atoms with van der Waals surface area (Å²) in [5, 5.41) is 9.82. The lowest BCUT2D eigenvalue weighted by molar-refractivity contribution is -0.138. The third kappa shape index (κ3) is 4.22. The topological polar surface area (TPSA) is 46.5 Å². The van der Waals surface area contributed by atoms with Crippen molar-refractivity contribution in [2.45, 2.75) is 51.4 Å². The van der Waals surface area contributed by atoms with Gasteiger partial charge in [-0.15, -0.1) is 0 Å². The number of carbonyl (C=O) groups is 1. The van der Waals surface area contributed by atoms with Gasteiger partial charge in [0, 0.05) is 0 Å². The largest absolute Gasteiger partial charge is 0.493 e. The van der Waals surface area contributed by atoms with E-state index in [-0.39, 0.29) is 0 Å². The number of fused-ring (bicyclic) bond motifs is 1. The van der Waals surface area contributed by atoms with E-state index in [0.717, 1.165) is 36.1 Å². The zero-order chi connectivity index (χ0) is 17.6. The van der Waals surface area contributed by atoms with Gasteiger partial charge in [0.2, 0.25) is 0 Å². The van der Waals surface area contributed by atoms with Crippen LogP contribution in [-0.4, -0.2) is 17.7 Å². The second kappa shape index (κ2) is 8.19. The summed E-state index contributed by atoms with van der Waals surface area (Å²) < 4.78 is 5.80. The molecule has 0 saturated heterocycles. The Bertz CT molecular complexity index is 736. The van der Waals surface area contributed by atoms with Crippen molar-refractivity contribution < 1.29 is 14.6 Å². The summed E-state index contributed by atoms with van der Waals surface area (Å²) >= 11 is 0. The van der Waals surface area contributed by atoms with Crippen molar-refractivity contribution in [2.75, 3.05) is 6.61 Å². The highest BCUT2D eigenvalue weighted by atomic mass is 16.5. The second-order valence-electron chi connectivity index (χ2n) is 6.79. The Labute approximate surface area is 149 Å². The number of para-hydroxylation sites is 1. The monoisotopic (exact) mass is 338 g/mol. The molecule has 3 rings (SSSR count). The highest BCUT2D eigenvalue weighted by Crippen LogP contribution is 2.30. The van der Waals surface area contributed by atoms with Gasteiger partial charge in [-0.1, -0.05) is 43.3 Å². The van der Waals surface area contributed by atoms with E-state index in [4.69, 9.17) is 4.74 Å². The molecule has 1 unspecified atom stereocenters. The van der Waals surface area contributed by atoms with Crippen LogP contribution in [0.15, 0.2) is 42.5 Å². The molecule has 3 heteroatoms. The fourth-order valence-corrected chi connectivity index (χ4v) is 3.56. The number of rotatable bonds is 7. The maximum atomic E-state index is 12.0. The molecule has 0 radical (unpaired) electrons. The maximum absolute atomic E-state index is 12.0. The predicted molar refractivity (Wildman–Crippen MR) is 99.4 cm³/mol.